The van der Waals surface area contributed by atoms with Crippen molar-refractivity contribution in [2.75, 3.05) is 5.32 Å². The van der Waals surface area contributed by atoms with E-state index in [9.17, 15) is 14.4 Å². The molecule has 0 spiro atoms. The van der Waals surface area contributed by atoms with Gasteiger partial charge < -0.3 is 9.64 Å². The summed E-state index contributed by atoms with van der Waals surface area (Å²) < 4.78 is 6.36. The SMILES string of the molecule is CC(C)(C)OC(=O)Nc1ccc(-c2cccs2)cc1CC(=O)c1ccc(CN2Cc3c(Br)cccc3C2=O)cc1. The van der Waals surface area contributed by atoms with Crippen LogP contribution in [0.3, 0.4) is 0 Å². The molecule has 5 rings (SSSR count). The Kier molecular flexibility index (Phi) is 7.92. The molecule has 0 bridgehead atoms. The molecule has 1 aromatic heterocycles. The minimum Gasteiger partial charge on any atom is -0.444 e. The fraction of sp³-hybridized carbons (Fsp3) is 0.219. The van der Waals surface area contributed by atoms with E-state index in [-0.39, 0.29) is 18.1 Å². The highest BCUT2D eigenvalue weighted by Gasteiger charge is 2.28. The standard InChI is InChI=1S/C32H29BrN2O4S/c1-32(2,3)39-31(38)34-27-14-13-22(29-8-5-15-40-29)16-23(27)17-28(36)21-11-9-20(10-12-21)18-35-19-25-24(30(35)37)6-4-7-26(25)33/h4-16H,17-19H2,1-3H3,(H,34,38). The monoisotopic (exact) mass is 616 g/mol. The highest BCUT2D eigenvalue weighted by molar-refractivity contribution is 9.10. The topological polar surface area (TPSA) is 75.7 Å². The van der Waals surface area contributed by atoms with Crippen LogP contribution in [-0.4, -0.2) is 28.3 Å². The zero-order valence-electron chi connectivity index (χ0n) is 22.5. The van der Waals surface area contributed by atoms with E-state index < -0.39 is 11.7 Å². The molecule has 2 heterocycles. The first-order chi connectivity index (χ1) is 19.1. The van der Waals surface area contributed by atoms with Gasteiger partial charge in [0.15, 0.2) is 5.78 Å². The summed E-state index contributed by atoms with van der Waals surface area (Å²) in [7, 11) is 0. The minimum absolute atomic E-state index is 0.00657. The quantitative estimate of drug-likeness (QED) is 0.213. The number of nitrogens with one attached hydrogen (secondary N) is 1. The molecule has 1 aliphatic rings. The normalized spacial score (nSPS) is 12.8. The number of hydrogen-bond acceptors (Lipinski definition) is 5. The molecule has 0 saturated heterocycles. The zero-order valence-corrected chi connectivity index (χ0v) is 24.9. The zero-order chi connectivity index (χ0) is 28.4. The molecule has 3 aromatic carbocycles. The predicted octanol–water partition coefficient (Wildman–Crippen LogP) is 8.11. The summed E-state index contributed by atoms with van der Waals surface area (Å²) in [5.74, 6) is -0.0669. The lowest BCUT2D eigenvalue weighted by atomic mass is 9.98. The van der Waals surface area contributed by atoms with Gasteiger partial charge in [-0.05, 0) is 78.7 Å². The summed E-state index contributed by atoms with van der Waals surface area (Å²) in [5, 5.41) is 4.81. The van der Waals surface area contributed by atoms with Crippen LogP contribution in [0.1, 0.15) is 58.2 Å². The first-order valence-electron chi connectivity index (χ1n) is 12.9. The lowest BCUT2D eigenvalue weighted by Crippen LogP contribution is -2.27. The van der Waals surface area contributed by atoms with Crippen LogP contribution in [0, 0.1) is 0 Å². The van der Waals surface area contributed by atoms with Crippen LogP contribution in [0.15, 0.2) is 82.6 Å². The van der Waals surface area contributed by atoms with Gasteiger partial charge >= 0.3 is 6.09 Å². The van der Waals surface area contributed by atoms with Gasteiger partial charge in [-0.2, -0.15) is 0 Å². The molecule has 40 heavy (non-hydrogen) atoms. The van der Waals surface area contributed by atoms with E-state index in [1.165, 1.54) is 0 Å². The number of rotatable bonds is 7. The summed E-state index contributed by atoms with van der Waals surface area (Å²) in [5.41, 5.74) is 4.81. The molecule has 1 N–H and O–H groups in total. The van der Waals surface area contributed by atoms with Gasteiger partial charge in [0.2, 0.25) is 0 Å². The van der Waals surface area contributed by atoms with E-state index in [0.717, 1.165) is 31.6 Å². The van der Waals surface area contributed by atoms with E-state index in [4.69, 9.17) is 4.74 Å². The second-order valence-corrected chi connectivity index (χ2v) is 12.5. The van der Waals surface area contributed by atoms with Gasteiger partial charge in [0, 0.05) is 45.7 Å². The maximum Gasteiger partial charge on any atom is 0.412 e. The number of carbonyl (C=O) groups excluding carboxylic acids is 3. The van der Waals surface area contributed by atoms with Crippen LogP contribution in [-0.2, 0) is 24.2 Å². The fourth-order valence-electron chi connectivity index (χ4n) is 4.64. The van der Waals surface area contributed by atoms with E-state index in [2.05, 4.69) is 21.2 Å². The molecule has 0 fully saturated rings. The summed E-state index contributed by atoms with van der Waals surface area (Å²) in [6.07, 6.45) is -0.461. The average molecular weight is 618 g/mol. The van der Waals surface area contributed by atoms with E-state index in [1.54, 1.807) is 49.1 Å². The van der Waals surface area contributed by atoms with Crippen molar-refractivity contribution in [2.24, 2.45) is 0 Å². The van der Waals surface area contributed by atoms with Crippen LogP contribution in [0.4, 0.5) is 10.5 Å². The van der Waals surface area contributed by atoms with Crippen molar-refractivity contribution in [1.29, 1.82) is 0 Å². The molecule has 8 heteroatoms. The number of ether oxygens (including phenoxy) is 1. The number of thiophene rings is 1. The third-order valence-electron chi connectivity index (χ3n) is 6.53. The highest BCUT2D eigenvalue weighted by Crippen LogP contribution is 2.31. The van der Waals surface area contributed by atoms with Crippen LogP contribution < -0.4 is 5.32 Å². The van der Waals surface area contributed by atoms with Crippen LogP contribution in [0.25, 0.3) is 10.4 Å². The van der Waals surface area contributed by atoms with Crippen LogP contribution in [0.5, 0.6) is 0 Å². The highest BCUT2D eigenvalue weighted by atomic mass is 79.9. The number of halogens is 1. The molecule has 0 saturated carbocycles. The Balaban J connectivity index is 1.31. The van der Waals surface area contributed by atoms with Crippen molar-refractivity contribution in [1.82, 2.24) is 4.90 Å². The maximum atomic E-state index is 13.4. The fourth-order valence-corrected chi connectivity index (χ4v) is 5.86. The number of Topliss-reactive ketones (excluding diaryl/α,β-unsaturated/α-hetero) is 1. The summed E-state index contributed by atoms with van der Waals surface area (Å²) in [6, 6.07) is 22.7. The molecule has 0 atom stereocenters. The number of amides is 2. The molecular weight excluding hydrogens is 588 g/mol. The number of ketones is 1. The smallest absolute Gasteiger partial charge is 0.412 e. The molecule has 6 nitrogen and oxygen atoms in total. The minimum atomic E-state index is -0.641. The van der Waals surface area contributed by atoms with Crippen LogP contribution >= 0.6 is 27.3 Å². The van der Waals surface area contributed by atoms with Crippen molar-refractivity contribution >= 4 is 50.7 Å². The van der Waals surface area contributed by atoms with Crippen molar-refractivity contribution in [2.45, 2.75) is 45.9 Å². The summed E-state index contributed by atoms with van der Waals surface area (Å²) in [6.45, 7) is 6.42. The molecule has 0 unspecified atom stereocenters. The van der Waals surface area contributed by atoms with Crippen molar-refractivity contribution in [3.63, 3.8) is 0 Å². The van der Waals surface area contributed by atoms with Gasteiger partial charge in [-0.1, -0.05) is 58.4 Å². The Morgan fingerprint density at radius 3 is 2.48 bits per heavy atom. The lowest BCUT2D eigenvalue weighted by molar-refractivity contribution is 0.0634. The average Bonchev–Trinajstić information content (AvgIpc) is 3.54. The Morgan fingerprint density at radius 2 is 1.80 bits per heavy atom. The number of carbonyl (C=O) groups is 3. The second-order valence-electron chi connectivity index (χ2n) is 10.7. The van der Waals surface area contributed by atoms with E-state index in [0.29, 0.717) is 29.9 Å². The Morgan fingerprint density at radius 1 is 1.02 bits per heavy atom. The number of anilines is 1. The summed E-state index contributed by atoms with van der Waals surface area (Å²) >= 11 is 5.15. The third-order valence-corrected chi connectivity index (χ3v) is 8.19. The first kappa shape index (κ1) is 27.8. The van der Waals surface area contributed by atoms with E-state index in [1.807, 2.05) is 66.0 Å². The lowest BCUT2D eigenvalue weighted by Gasteiger charge is -2.20. The summed E-state index contributed by atoms with van der Waals surface area (Å²) in [4.78, 5) is 41.6. The molecule has 0 aliphatic carbocycles. The number of hydrogen-bond donors (Lipinski definition) is 1. The van der Waals surface area contributed by atoms with Crippen molar-refractivity contribution in [3.05, 3.63) is 110 Å². The molecule has 2 amide bonds. The maximum absolute atomic E-state index is 13.4. The van der Waals surface area contributed by atoms with Gasteiger partial charge in [0.05, 0.1) is 0 Å². The van der Waals surface area contributed by atoms with Crippen molar-refractivity contribution in [3.8, 4) is 10.4 Å². The number of fused-ring (bicyclic) bond motifs is 1. The number of benzene rings is 3. The van der Waals surface area contributed by atoms with Crippen LogP contribution in [0.2, 0.25) is 0 Å². The Bertz CT molecular complexity index is 1570. The molecule has 4 aromatic rings. The molecular formula is C32H29BrN2O4S. The Hall–Kier alpha value is -3.75. The second kappa shape index (κ2) is 11.4. The van der Waals surface area contributed by atoms with E-state index >= 15 is 0 Å². The number of nitrogens with zero attached hydrogens (tertiary/aromatic N) is 1. The predicted molar refractivity (Wildman–Crippen MR) is 162 cm³/mol. The van der Waals surface area contributed by atoms with Gasteiger partial charge in [0.1, 0.15) is 5.60 Å². The van der Waals surface area contributed by atoms with Gasteiger partial charge in [0.25, 0.3) is 5.91 Å². The molecule has 0 radical (unpaired) electrons. The van der Waals surface area contributed by atoms with Crippen molar-refractivity contribution < 1.29 is 19.1 Å². The first-order valence-corrected chi connectivity index (χ1v) is 14.6. The third kappa shape index (κ3) is 6.35. The largest absolute Gasteiger partial charge is 0.444 e. The van der Waals surface area contributed by atoms with Gasteiger partial charge in [-0.15, -0.1) is 11.3 Å². The van der Waals surface area contributed by atoms with Gasteiger partial charge in [-0.25, -0.2) is 4.79 Å². The molecule has 204 valence electrons. The van der Waals surface area contributed by atoms with Gasteiger partial charge in [-0.3, -0.25) is 14.9 Å². The Labute approximate surface area is 246 Å². The molecule has 1 aliphatic heterocycles.